The van der Waals surface area contributed by atoms with E-state index >= 15 is 0 Å². The Bertz CT molecular complexity index is 489. The summed E-state index contributed by atoms with van der Waals surface area (Å²) in [4.78, 5) is 22.7. The first-order valence-electron chi connectivity index (χ1n) is 7.52. The van der Waals surface area contributed by atoms with Crippen molar-refractivity contribution in [2.45, 2.75) is 6.04 Å². The first-order chi connectivity index (χ1) is 10.1. The van der Waals surface area contributed by atoms with E-state index in [9.17, 15) is 4.79 Å². The third-order valence-electron chi connectivity index (χ3n) is 4.26. The molecule has 114 valence electrons. The molecule has 0 bridgehead atoms. The van der Waals surface area contributed by atoms with Gasteiger partial charge in [-0.2, -0.15) is 0 Å². The maximum atomic E-state index is 11.8. The van der Waals surface area contributed by atoms with Crippen LogP contribution in [-0.4, -0.2) is 80.1 Å². The summed E-state index contributed by atoms with van der Waals surface area (Å²) < 4.78 is 0. The molecule has 0 spiro atoms. The van der Waals surface area contributed by atoms with E-state index in [1.54, 1.807) is 25.2 Å². The molecular weight excluding hydrogens is 266 g/mol. The summed E-state index contributed by atoms with van der Waals surface area (Å²) in [6.07, 6.45) is 1.68. The summed E-state index contributed by atoms with van der Waals surface area (Å²) in [6.45, 7) is 6.54. The molecule has 3 rings (SSSR count). The minimum Gasteiger partial charge on any atom is -0.353 e. The average Bonchev–Trinajstić information content (AvgIpc) is 2.47. The van der Waals surface area contributed by atoms with Crippen LogP contribution in [0.1, 0.15) is 10.4 Å². The third-order valence-corrected chi connectivity index (χ3v) is 4.26. The molecule has 2 saturated heterocycles. The molecule has 0 saturated carbocycles. The fourth-order valence-corrected chi connectivity index (χ4v) is 2.88. The van der Waals surface area contributed by atoms with Crippen molar-refractivity contribution in [3.63, 3.8) is 0 Å². The average molecular weight is 289 g/mol. The zero-order valence-corrected chi connectivity index (χ0v) is 12.7. The Balaban J connectivity index is 1.56. The maximum absolute atomic E-state index is 11.8. The molecule has 0 atom stereocenters. The quantitative estimate of drug-likeness (QED) is 0.840. The Hall–Kier alpha value is -1.66. The summed E-state index contributed by atoms with van der Waals surface area (Å²) in [5.74, 6) is 0.966. The number of aromatic nitrogens is 1. The van der Waals surface area contributed by atoms with E-state index in [1.165, 1.54) is 0 Å². The molecule has 2 aliphatic rings. The van der Waals surface area contributed by atoms with Crippen LogP contribution in [-0.2, 0) is 0 Å². The Morgan fingerprint density at radius 2 is 2.00 bits per heavy atom. The normalized spacial score (nSPS) is 20.2. The number of piperazine rings is 1. The molecule has 0 radical (unpaired) electrons. The van der Waals surface area contributed by atoms with Gasteiger partial charge in [0.2, 0.25) is 0 Å². The van der Waals surface area contributed by atoms with Gasteiger partial charge in [-0.05, 0) is 12.1 Å². The molecule has 2 fully saturated rings. The highest BCUT2D eigenvalue weighted by atomic mass is 16.2. The molecular formula is C15H23N5O. The van der Waals surface area contributed by atoms with Crippen LogP contribution in [0.15, 0.2) is 18.3 Å². The van der Waals surface area contributed by atoms with Crippen LogP contribution in [0.4, 0.5) is 5.82 Å². The van der Waals surface area contributed by atoms with Crippen LogP contribution in [0.5, 0.6) is 0 Å². The lowest BCUT2D eigenvalue weighted by Crippen LogP contribution is -2.63. The second-order valence-corrected chi connectivity index (χ2v) is 5.95. The Morgan fingerprint density at radius 3 is 2.57 bits per heavy atom. The number of pyridine rings is 1. The predicted octanol–water partition coefficient (Wildman–Crippen LogP) is -0.123. The molecule has 3 heterocycles. The minimum absolute atomic E-state index is 0.00338. The number of hydrogen-bond donors (Lipinski definition) is 1. The molecule has 1 aromatic heterocycles. The van der Waals surface area contributed by atoms with Gasteiger partial charge < -0.3 is 15.1 Å². The SMILES string of the molecule is CN(C)C(=O)c1ccc(N2CC(N3CCNCC3)C2)nc1. The van der Waals surface area contributed by atoms with Crippen molar-refractivity contribution < 1.29 is 4.79 Å². The molecule has 6 nitrogen and oxygen atoms in total. The van der Waals surface area contributed by atoms with Gasteiger partial charge in [-0.25, -0.2) is 4.98 Å². The van der Waals surface area contributed by atoms with Crippen LogP contribution in [0.3, 0.4) is 0 Å². The lowest BCUT2D eigenvalue weighted by molar-refractivity contribution is 0.0827. The number of nitrogens with one attached hydrogen (secondary N) is 1. The Labute approximate surface area is 125 Å². The van der Waals surface area contributed by atoms with Crippen molar-refractivity contribution in [3.05, 3.63) is 23.9 Å². The van der Waals surface area contributed by atoms with Crippen molar-refractivity contribution in [3.8, 4) is 0 Å². The monoisotopic (exact) mass is 289 g/mol. The van der Waals surface area contributed by atoms with Gasteiger partial charge in [-0.15, -0.1) is 0 Å². The van der Waals surface area contributed by atoms with Gasteiger partial charge in [0, 0.05) is 65.6 Å². The summed E-state index contributed by atoms with van der Waals surface area (Å²) >= 11 is 0. The third kappa shape index (κ3) is 3.01. The molecule has 1 N–H and O–H groups in total. The first-order valence-corrected chi connectivity index (χ1v) is 7.52. The maximum Gasteiger partial charge on any atom is 0.254 e. The number of carbonyl (C=O) groups excluding carboxylic acids is 1. The largest absolute Gasteiger partial charge is 0.353 e. The van der Waals surface area contributed by atoms with E-state index in [2.05, 4.69) is 20.1 Å². The Kier molecular flexibility index (Phi) is 4.07. The zero-order chi connectivity index (χ0) is 14.8. The predicted molar refractivity (Wildman–Crippen MR) is 82.7 cm³/mol. The van der Waals surface area contributed by atoms with Crippen LogP contribution in [0.2, 0.25) is 0 Å². The van der Waals surface area contributed by atoms with Crippen molar-refractivity contribution in [2.75, 3.05) is 58.3 Å². The van der Waals surface area contributed by atoms with Crippen LogP contribution in [0, 0.1) is 0 Å². The van der Waals surface area contributed by atoms with Crippen LogP contribution in [0.25, 0.3) is 0 Å². The minimum atomic E-state index is -0.00338. The number of nitrogens with zero attached hydrogens (tertiary/aromatic N) is 4. The van der Waals surface area contributed by atoms with Gasteiger partial charge in [0.05, 0.1) is 5.56 Å². The van der Waals surface area contributed by atoms with Crippen molar-refractivity contribution >= 4 is 11.7 Å². The van der Waals surface area contributed by atoms with E-state index in [0.717, 1.165) is 45.1 Å². The van der Waals surface area contributed by atoms with E-state index in [4.69, 9.17) is 0 Å². The van der Waals surface area contributed by atoms with Gasteiger partial charge in [-0.3, -0.25) is 9.69 Å². The van der Waals surface area contributed by atoms with Crippen molar-refractivity contribution in [1.82, 2.24) is 20.1 Å². The molecule has 0 aliphatic carbocycles. The molecule has 6 heteroatoms. The lowest BCUT2D eigenvalue weighted by atomic mass is 10.1. The molecule has 1 amide bonds. The van der Waals surface area contributed by atoms with E-state index in [0.29, 0.717) is 11.6 Å². The number of amides is 1. The molecule has 21 heavy (non-hydrogen) atoms. The van der Waals surface area contributed by atoms with Crippen LogP contribution >= 0.6 is 0 Å². The second kappa shape index (κ2) is 5.99. The first kappa shape index (κ1) is 14.3. The van der Waals surface area contributed by atoms with Gasteiger partial charge in [0.15, 0.2) is 0 Å². The van der Waals surface area contributed by atoms with E-state index < -0.39 is 0 Å². The standard InChI is InChI=1S/C15H23N5O/c1-18(2)15(21)12-3-4-14(17-9-12)20-10-13(11-20)19-7-5-16-6-8-19/h3-4,9,13,16H,5-8,10-11H2,1-2H3. The van der Waals surface area contributed by atoms with Crippen LogP contribution < -0.4 is 10.2 Å². The highest BCUT2D eigenvalue weighted by Crippen LogP contribution is 2.22. The number of anilines is 1. The van der Waals surface area contributed by atoms with Gasteiger partial charge in [0.25, 0.3) is 5.91 Å². The van der Waals surface area contributed by atoms with Gasteiger partial charge in [-0.1, -0.05) is 0 Å². The summed E-state index contributed by atoms with van der Waals surface area (Å²) in [7, 11) is 3.51. The smallest absolute Gasteiger partial charge is 0.254 e. The summed E-state index contributed by atoms with van der Waals surface area (Å²) in [5.41, 5.74) is 0.642. The number of carbonyl (C=O) groups is 1. The fraction of sp³-hybridized carbons (Fsp3) is 0.600. The summed E-state index contributed by atoms with van der Waals surface area (Å²) in [6, 6.07) is 4.46. The zero-order valence-electron chi connectivity index (χ0n) is 12.7. The molecule has 2 aliphatic heterocycles. The van der Waals surface area contributed by atoms with Gasteiger partial charge >= 0.3 is 0 Å². The molecule has 0 aromatic carbocycles. The van der Waals surface area contributed by atoms with Crippen molar-refractivity contribution in [1.29, 1.82) is 0 Å². The highest BCUT2D eigenvalue weighted by Gasteiger charge is 2.32. The van der Waals surface area contributed by atoms with E-state index in [1.807, 2.05) is 12.1 Å². The topological polar surface area (TPSA) is 51.7 Å². The van der Waals surface area contributed by atoms with Gasteiger partial charge in [0.1, 0.15) is 5.82 Å². The Morgan fingerprint density at radius 1 is 1.29 bits per heavy atom. The summed E-state index contributed by atoms with van der Waals surface area (Å²) in [5, 5.41) is 3.38. The van der Waals surface area contributed by atoms with E-state index in [-0.39, 0.29) is 5.91 Å². The lowest BCUT2D eigenvalue weighted by Gasteiger charge is -2.47. The molecule has 1 aromatic rings. The number of rotatable bonds is 3. The van der Waals surface area contributed by atoms with Crippen molar-refractivity contribution in [2.24, 2.45) is 0 Å². The highest BCUT2D eigenvalue weighted by molar-refractivity contribution is 5.93. The number of hydrogen-bond acceptors (Lipinski definition) is 5. The second-order valence-electron chi connectivity index (χ2n) is 5.95. The fourth-order valence-electron chi connectivity index (χ4n) is 2.88. The molecule has 0 unspecified atom stereocenters.